The number of carbonyl (C=O) groups is 1. The lowest BCUT2D eigenvalue weighted by atomic mass is 10.1. The zero-order chi connectivity index (χ0) is 16.4. The van der Waals surface area contributed by atoms with E-state index in [1.165, 1.54) is 4.52 Å². The van der Waals surface area contributed by atoms with Crippen LogP contribution in [0.5, 0.6) is 0 Å². The molecule has 3 heterocycles. The Bertz CT molecular complexity index is 991. The molecule has 118 valence electrons. The number of benzene rings is 1. The number of hydrogen-bond acceptors (Lipinski definition) is 5. The van der Waals surface area contributed by atoms with E-state index in [0.29, 0.717) is 17.8 Å². The van der Waals surface area contributed by atoms with Gasteiger partial charge < -0.3 is 9.88 Å². The van der Waals surface area contributed by atoms with Crippen molar-refractivity contribution in [2.45, 2.75) is 6.54 Å². The van der Waals surface area contributed by atoms with E-state index in [1.54, 1.807) is 30.9 Å². The summed E-state index contributed by atoms with van der Waals surface area (Å²) in [5, 5.41) is 14.1. The van der Waals surface area contributed by atoms with Gasteiger partial charge in [0.25, 0.3) is 5.91 Å². The normalized spacial score (nSPS) is 10.8. The van der Waals surface area contributed by atoms with Gasteiger partial charge >= 0.3 is 0 Å². The van der Waals surface area contributed by atoms with Gasteiger partial charge in [-0.25, -0.2) is 4.98 Å². The second-order valence-electron chi connectivity index (χ2n) is 5.18. The molecule has 0 bridgehead atoms. The van der Waals surface area contributed by atoms with Crippen molar-refractivity contribution >= 4 is 11.6 Å². The molecule has 0 aliphatic rings. The molecule has 0 unspecified atom stereocenters. The Morgan fingerprint density at radius 3 is 2.96 bits per heavy atom. The van der Waals surface area contributed by atoms with Crippen LogP contribution in [0.15, 0.2) is 61.3 Å². The third-order valence-corrected chi connectivity index (χ3v) is 3.67. The van der Waals surface area contributed by atoms with Crippen LogP contribution in [-0.2, 0) is 6.54 Å². The van der Waals surface area contributed by atoms with Crippen molar-refractivity contribution in [1.82, 2.24) is 34.9 Å². The average molecular weight is 319 g/mol. The molecule has 4 aromatic rings. The molecule has 0 saturated carbocycles. The number of pyridine rings is 1. The van der Waals surface area contributed by atoms with Gasteiger partial charge in [0.1, 0.15) is 0 Å². The predicted octanol–water partition coefficient (Wildman–Crippen LogP) is 1.24. The second kappa shape index (κ2) is 5.92. The molecular weight excluding hydrogens is 306 g/mol. The van der Waals surface area contributed by atoms with Crippen molar-refractivity contribution in [2.75, 3.05) is 0 Å². The molecular formula is C16H13N7O. The number of aromatic nitrogens is 6. The van der Waals surface area contributed by atoms with Crippen LogP contribution in [0.3, 0.4) is 0 Å². The first-order chi connectivity index (χ1) is 11.8. The molecule has 1 aromatic carbocycles. The van der Waals surface area contributed by atoms with Gasteiger partial charge in [-0.3, -0.25) is 4.79 Å². The van der Waals surface area contributed by atoms with E-state index in [4.69, 9.17) is 0 Å². The van der Waals surface area contributed by atoms with Crippen molar-refractivity contribution in [3.63, 3.8) is 0 Å². The SMILES string of the molecule is O=C(NCc1ccccc1-n1ccnc1)c1ccc2nnnn2c1. The number of rotatable bonds is 4. The molecule has 1 amide bonds. The van der Waals surface area contributed by atoms with Crippen molar-refractivity contribution in [2.24, 2.45) is 0 Å². The second-order valence-corrected chi connectivity index (χ2v) is 5.18. The summed E-state index contributed by atoms with van der Waals surface area (Å²) in [7, 11) is 0. The fourth-order valence-electron chi connectivity index (χ4n) is 2.47. The minimum absolute atomic E-state index is 0.187. The summed E-state index contributed by atoms with van der Waals surface area (Å²) >= 11 is 0. The Hall–Kier alpha value is -3.55. The van der Waals surface area contributed by atoms with Crippen LogP contribution in [0.4, 0.5) is 0 Å². The Balaban J connectivity index is 1.53. The largest absolute Gasteiger partial charge is 0.348 e. The molecule has 0 atom stereocenters. The molecule has 0 fully saturated rings. The van der Waals surface area contributed by atoms with Crippen LogP contribution in [0.25, 0.3) is 11.3 Å². The number of tetrazole rings is 1. The number of carbonyl (C=O) groups excluding carboxylic acids is 1. The number of fused-ring (bicyclic) bond motifs is 1. The highest BCUT2D eigenvalue weighted by Gasteiger charge is 2.09. The van der Waals surface area contributed by atoms with E-state index in [1.807, 2.05) is 35.0 Å². The highest BCUT2D eigenvalue weighted by molar-refractivity contribution is 5.94. The summed E-state index contributed by atoms with van der Waals surface area (Å²) in [5.41, 5.74) is 3.06. The Kier molecular flexibility index (Phi) is 3.47. The highest BCUT2D eigenvalue weighted by Crippen LogP contribution is 2.14. The zero-order valence-corrected chi connectivity index (χ0v) is 12.6. The first-order valence-corrected chi connectivity index (χ1v) is 7.33. The van der Waals surface area contributed by atoms with E-state index in [-0.39, 0.29) is 5.91 Å². The van der Waals surface area contributed by atoms with E-state index >= 15 is 0 Å². The number of amides is 1. The van der Waals surface area contributed by atoms with E-state index in [2.05, 4.69) is 25.8 Å². The van der Waals surface area contributed by atoms with Gasteiger partial charge in [-0.05, 0) is 34.2 Å². The average Bonchev–Trinajstić information content (AvgIpc) is 3.30. The van der Waals surface area contributed by atoms with E-state index in [0.717, 1.165) is 11.3 Å². The zero-order valence-electron chi connectivity index (χ0n) is 12.6. The molecule has 8 nitrogen and oxygen atoms in total. The summed E-state index contributed by atoms with van der Waals surface area (Å²) < 4.78 is 3.38. The minimum Gasteiger partial charge on any atom is -0.348 e. The first-order valence-electron chi connectivity index (χ1n) is 7.33. The van der Waals surface area contributed by atoms with Crippen LogP contribution in [0.1, 0.15) is 15.9 Å². The first kappa shape index (κ1) is 14.1. The predicted molar refractivity (Wildman–Crippen MR) is 85.5 cm³/mol. The molecule has 0 spiro atoms. The highest BCUT2D eigenvalue weighted by atomic mass is 16.1. The van der Waals surface area contributed by atoms with E-state index in [9.17, 15) is 4.79 Å². The number of hydrogen-bond donors (Lipinski definition) is 1. The molecule has 3 aromatic heterocycles. The lowest BCUT2D eigenvalue weighted by Gasteiger charge is -2.11. The van der Waals surface area contributed by atoms with Crippen molar-refractivity contribution in [3.8, 4) is 5.69 Å². The lowest BCUT2D eigenvalue weighted by molar-refractivity contribution is 0.0950. The third kappa shape index (κ3) is 2.60. The van der Waals surface area contributed by atoms with Gasteiger partial charge in [-0.1, -0.05) is 18.2 Å². The van der Waals surface area contributed by atoms with Gasteiger partial charge in [-0.15, -0.1) is 5.10 Å². The molecule has 8 heteroatoms. The summed E-state index contributed by atoms with van der Waals surface area (Å²) in [6.45, 7) is 0.404. The van der Waals surface area contributed by atoms with Gasteiger partial charge in [0.05, 0.1) is 17.6 Å². The Labute approximate surface area is 136 Å². The smallest absolute Gasteiger partial charge is 0.253 e. The molecule has 0 saturated heterocycles. The summed E-state index contributed by atoms with van der Waals surface area (Å²) in [5.74, 6) is -0.187. The standard InChI is InChI=1S/C16H13N7O/c24-16(13-5-6-15-19-20-21-23(15)10-13)18-9-12-3-1-2-4-14(12)22-8-7-17-11-22/h1-8,10-11H,9H2,(H,18,24). The van der Waals surface area contributed by atoms with Gasteiger partial charge in [0.2, 0.25) is 0 Å². The topological polar surface area (TPSA) is 90.0 Å². The summed E-state index contributed by atoms with van der Waals surface area (Å²) in [6, 6.07) is 11.2. The molecule has 0 aliphatic heterocycles. The maximum Gasteiger partial charge on any atom is 0.253 e. The van der Waals surface area contributed by atoms with Crippen LogP contribution in [0.2, 0.25) is 0 Å². The quantitative estimate of drug-likeness (QED) is 0.611. The fourth-order valence-corrected chi connectivity index (χ4v) is 2.47. The number of para-hydroxylation sites is 1. The Morgan fingerprint density at radius 2 is 2.08 bits per heavy atom. The van der Waals surface area contributed by atoms with Gasteiger partial charge in [-0.2, -0.15) is 4.52 Å². The number of nitrogens with one attached hydrogen (secondary N) is 1. The van der Waals surface area contributed by atoms with Crippen LogP contribution < -0.4 is 5.32 Å². The summed E-state index contributed by atoms with van der Waals surface area (Å²) in [6.07, 6.45) is 6.92. The molecule has 4 rings (SSSR count). The number of imidazole rings is 1. The maximum absolute atomic E-state index is 12.4. The fraction of sp³-hybridized carbons (Fsp3) is 0.0625. The Morgan fingerprint density at radius 1 is 1.17 bits per heavy atom. The minimum atomic E-state index is -0.187. The molecule has 0 radical (unpaired) electrons. The lowest BCUT2D eigenvalue weighted by Crippen LogP contribution is -2.23. The number of nitrogens with zero attached hydrogens (tertiary/aromatic N) is 6. The molecule has 1 N–H and O–H groups in total. The molecule has 0 aliphatic carbocycles. The van der Waals surface area contributed by atoms with Crippen molar-refractivity contribution in [1.29, 1.82) is 0 Å². The van der Waals surface area contributed by atoms with Crippen molar-refractivity contribution < 1.29 is 4.79 Å². The third-order valence-electron chi connectivity index (χ3n) is 3.67. The van der Waals surface area contributed by atoms with Gasteiger partial charge in [0.15, 0.2) is 5.65 Å². The van der Waals surface area contributed by atoms with Crippen LogP contribution in [-0.4, -0.2) is 35.5 Å². The van der Waals surface area contributed by atoms with Crippen LogP contribution in [0, 0.1) is 0 Å². The van der Waals surface area contributed by atoms with Crippen LogP contribution >= 0.6 is 0 Å². The van der Waals surface area contributed by atoms with E-state index < -0.39 is 0 Å². The van der Waals surface area contributed by atoms with Crippen molar-refractivity contribution in [3.05, 3.63) is 72.4 Å². The monoisotopic (exact) mass is 319 g/mol. The molecule has 24 heavy (non-hydrogen) atoms. The summed E-state index contributed by atoms with van der Waals surface area (Å²) in [4.78, 5) is 16.4. The maximum atomic E-state index is 12.4. The van der Waals surface area contributed by atoms with Gasteiger partial charge in [0, 0.05) is 25.1 Å².